The van der Waals surface area contributed by atoms with Crippen LogP contribution in [0.5, 0.6) is 0 Å². The first-order chi connectivity index (χ1) is 7.08. The van der Waals surface area contributed by atoms with Crippen molar-refractivity contribution in [1.29, 1.82) is 0 Å². The number of aromatic nitrogens is 1. The molecule has 1 aromatic heterocycles. The summed E-state index contributed by atoms with van der Waals surface area (Å²) in [5.74, 6) is 0.385. The molecule has 15 heavy (non-hydrogen) atoms. The molecule has 0 saturated heterocycles. The van der Waals surface area contributed by atoms with Crippen LogP contribution in [0, 0.1) is 5.92 Å². The molecule has 1 aliphatic heterocycles. The molecule has 80 valence electrons. The van der Waals surface area contributed by atoms with Crippen molar-refractivity contribution in [2.24, 2.45) is 5.92 Å². The summed E-state index contributed by atoms with van der Waals surface area (Å²) in [6, 6.07) is 1.88. The van der Waals surface area contributed by atoms with Crippen LogP contribution in [-0.4, -0.2) is 16.1 Å². The summed E-state index contributed by atoms with van der Waals surface area (Å²) < 4.78 is 0.880. The molecule has 0 spiro atoms. The number of nitrogens with zero attached hydrogens (tertiary/aromatic N) is 1. The van der Waals surface area contributed by atoms with Gasteiger partial charge in [-0.3, -0.25) is 4.79 Å². The monoisotopic (exact) mass is 286 g/mol. The fourth-order valence-corrected chi connectivity index (χ4v) is 2.79. The maximum Gasteiger partial charge on any atom is 0.238 e. The van der Waals surface area contributed by atoms with Crippen molar-refractivity contribution in [1.82, 2.24) is 4.98 Å². The number of hydrogen-bond acceptors (Lipinski definition) is 3. The molecule has 0 aromatic carbocycles. The average molecular weight is 287 g/mol. The molecule has 1 unspecified atom stereocenters. The van der Waals surface area contributed by atoms with Crippen LogP contribution in [0.2, 0.25) is 0 Å². The van der Waals surface area contributed by atoms with Gasteiger partial charge in [-0.05, 0) is 27.9 Å². The summed E-state index contributed by atoms with van der Waals surface area (Å²) in [4.78, 5) is 16.0. The van der Waals surface area contributed by atoms with Gasteiger partial charge in [-0.2, -0.15) is 0 Å². The minimum absolute atomic E-state index is 0.0359. The highest BCUT2D eigenvalue weighted by atomic mass is 79.9. The van der Waals surface area contributed by atoms with Crippen LogP contribution in [0.25, 0.3) is 0 Å². The van der Waals surface area contributed by atoms with Gasteiger partial charge < -0.3 is 5.32 Å². The van der Waals surface area contributed by atoms with Crippen molar-refractivity contribution in [3.8, 4) is 0 Å². The number of hydrogen-bond donors (Lipinski definition) is 1. The molecular weight excluding hydrogens is 276 g/mol. The molecule has 0 saturated carbocycles. The van der Waals surface area contributed by atoms with Crippen molar-refractivity contribution in [3.05, 3.63) is 16.7 Å². The van der Waals surface area contributed by atoms with E-state index in [1.807, 2.05) is 19.9 Å². The summed E-state index contributed by atoms with van der Waals surface area (Å²) in [5.41, 5.74) is 0.802. The summed E-state index contributed by atoms with van der Waals surface area (Å²) in [6.45, 7) is 4.09. The summed E-state index contributed by atoms with van der Waals surface area (Å²) in [6.07, 6.45) is 1.75. The van der Waals surface area contributed by atoms with Gasteiger partial charge in [-0.25, -0.2) is 4.98 Å². The van der Waals surface area contributed by atoms with Gasteiger partial charge in [-0.15, -0.1) is 0 Å². The molecule has 0 bridgehead atoms. The SMILES string of the molecule is CC(C)C1Sc2ncc(Br)cc2NC1=O. The van der Waals surface area contributed by atoms with Crippen LogP contribution >= 0.6 is 27.7 Å². The van der Waals surface area contributed by atoms with Crippen molar-refractivity contribution in [3.63, 3.8) is 0 Å². The first-order valence-electron chi connectivity index (χ1n) is 4.71. The minimum atomic E-state index is -0.0359. The maximum atomic E-state index is 11.7. The lowest BCUT2D eigenvalue weighted by Crippen LogP contribution is -2.33. The van der Waals surface area contributed by atoms with Crippen LogP contribution < -0.4 is 5.32 Å². The lowest BCUT2D eigenvalue weighted by Gasteiger charge is -2.25. The normalized spacial score (nSPS) is 20.0. The molecule has 2 heterocycles. The zero-order chi connectivity index (χ0) is 11.0. The number of rotatable bonds is 1. The van der Waals surface area contributed by atoms with E-state index in [-0.39, 0.29) is 11.2 Å². The average Bonchev–Trinajstić information content (AvgIpc) is 2.15. The molecule has 0 radical (unpaired) electrons. The molecule has 3 nitrogen and oxygen atoms in total. The number of thioether (sulfide) groups is 1. The first kappa shape index (κ1) is 11.0. The Hall–Kier alpha value is -0.550. The standard InChI is InChI=1S/C10H11BrN2OS/c1-5(2)8-9(14)13-7-3-6(11)4-12-10(7)15-8/h3-5,8H,1-2H3,(H,13,14). The second kappa shape index (κ2) is 4.14. The van der Waals surface area contributed by atoms with Gasteiger partial charge in [0.2, 0.25) is 5.91 Å². The van der Waals surface area contributed by atoms with Crippen LogP contribution in [0.3, 0.4) is 0 Å². The summed E-state index contributed by atoms with van der Waals surface area (Å²) in [7, 11) is 0. The Bertz CT molecular complexity index is 408. The molecule has 1 aromatic rings. The van der Waals surface area contributed by atoms with Gasteiger partial charge in [0.15, 0.2) is 0 Å². The Morgan fingerprint density at radius 3 is 3.00 bits per heavy atom. The number of pyridine rings is 1. The summed E-state index contributed by atoms with van der Waals surface area (Å²) in [5, 5.41) is 3.74. The van der Waals surface area contributed by atoms with Gasteiger partial charge in [0.05, 0.1) is 10.9 Å². The Labute approximate surface area is 101 Å². The molecule has 0 fully saturated rings. The largest absolute Gasteiger partial charge is 0.323 e. The van der Waals surface area contributed by atoms with Crippen LogP contribution in [-0.2, 0) is 4.79 Å². The number of carbonyl (C=O) groups excluding carboxylic acids is 1. The topological polar surface area (TPSA) is 42.0 Å². The summed E-state index contributed by atoms with van der Waals surface area (Å²) >= 11 is 4.87. The van der Waals surface area contributed by atoms with E-state index in [9.17, 15) is 4.79 Å². The third-order valence-electron chi connectivity index (χ3n) is 2.18. The maximum absolute atomic E-state index is 11.7. The second-order valence-electron chi connectivity index (χ2n) is 3.78. The van der Waals surface area contributed by atoms with E-state index >= 15 is 0 Å². The Kier molecular flexibility index (Phi) is 3.02. The molecule has 2 rings (SSSR count). The molecule has 1 amide bonds. The Morgan fingerprint density at radius 1 is 1.60 bits per heavy atom. The highest BCUT2D eigenvalue weighted by Crippen LogP contribution is 2.37. The van der Waals surface area contributed by atoms with Gasteiger partial charge in [-0.1, -0.05) is 25.6 Å². The van der Waals surface area contributed by atoms with E-state index < -0.39 is 0 Å². The fourth-order valence-electron chi connectivity index (χ4n) is 1.43. The van der Waals surface area contributed by atoms with Crippen molar-refractivity contribution in [2.75, 3.05) is 5.32 Å². The van der Waals surface area contributed by atoms with E-state index in [2.05, 4.69) is 26.2 Å². The van der Waals surface area contributed by atoms with Crippen LogP contribution in [0.15, 0.2) is 21.8 Å². The zero-order valence-electron chi connectivity index (χ0n) is 8.45. The van der Waals surface area contributed by atoms with Crippen molar-refractivity contribution >= 4 is 39.3 Å². The van der Waals surface area contributed by atoms with Gasteiger partial charge in [0.1, 0.15) is 5.03 Å². The smallest absolute Gasteiger partial charge is 0.238 e. The second-order valence-corrected chi connectivity index (χ2v) is 5.82. The molecule has 1 atom stereocenters. The number of amides is 1. The van der Waals surface area contributed by atoms with Crippen molar-refractivity contribution in [2.45, 2.75) is 24.1 Å². The van der Waals surface area contributed by atoms with Crippen LogP contribution in [0.1, 0.15) is 13.8 Å². The number of halogens is 1. The van der Waals surface area contributed by atoms with Crippen LogP contribution in [0.4, 0.5) is 5.69 Å². The quantitative estimate of drug-likeness (QED) is 0.863. The third kappa shape index (κ3) is 2.18. The molecule has 0 aliphatic carbocycles. The molecule has 1 aliphatic rings. The highest BCUT2D eigenvalue weighted by molar-refractivity contribution is 9.10. The fraction of sp³-hybridized carbons (Fsp3) is 0.400. The van der Waals surface area contributed by atoms with Gasteiger partial charge >= 0.3 is 0 Å². The van der Waals surface area contributed by atoms with E-state index in [4.69, 9.17) is 0 Å². The Morgan fingerprint density at radius 2 is 2.33 bits per heavy atom. The van der Waals surface area contributed by atoms with Gasteiger partial charge in [0, 0.05) is 10.7 Å². The lowest BCUT2D eigenvalue weighted by molar-refractivity contribution is -0.116. The molecule has 1 N–H and O–H groups in total. The van der Waals surface area contributed by atoms with E-state index in [1.54, 1.807) is 6.20 Å². The lowest BCUT2D eigenvalue weighted by atomic mass is 10.1. The first-order valence-corrected chi connectivity index (χ1v) is 6.38. The third-order valence-corrected chi connectivity index (χ3v) is 4.17. The molecular formula is C10H11BrN2OS. The predicted molar refractivity (Wildman–Crippen MR) is 65.0 cm³/mol. The Balaban J connectivity index is 2.34. The van der Waals surface area contributed by atoms with E-state index in [0.29, 0.717) is 5.92 Å². The highest BCUT2D eigenvalue weighted by Gasteiger charge is 2.30. The number of fused-ring (bicyclic) bond motifs is 1. The number of anilines is 1. The predicted octanol–water partition coefficient (Wildman–Crippen LogP) is 2.91. The zero-order valence-corrected chi connectivity index (χ0v) is 10.9. The number of nitrogens with one attached hydrogen (secondary N) is 1. The van der Waals surface area contributed by atoms with E-state index in [0.717, 1.165) is 15.2 Å². The van der Waals surface area contributed by atoms with Crippen molar-refractivity contribution < 1.29 is 4.79 Å². The van der Waals surface area contributed by atoms with Gasteiger partial charge in [0.25, 0.3) is 0 Å². The minimum Gasteiger partial charge on any atom is -0.323 e. The number of carbonyl (C=O) groups is 1. The van der Waals surface area contributed by atoms with E-state index in [1.165, 1.54) is 11.8 Å². The molecule has 5 heteroatoms.